The van der Waals surface area contributed by atoms with Crippen LogP contribution in [0.25, 0.3) is 0 Å². The maximum atomic E-state index is 11.4. The molecule has 104 valence electrons. The van der Waals surface area contributed by atoms with Gasteiger partial charge in [0.25, 0.3) is 0 Å². The van der Waals surface area contributed by atoms with Gasteiger partial charge in [-0.1, -0.05) is 53.6 Å². The van der Waals surface area contributed by atoms with Crippen molar-refractivity contribution in [1.82, 2.24) is 5.32 Å². The van der Waals surface area contributed by atoms with Crippen LogP contribution in [0.4, 0.5) is 0 Å². The Kier molecular flexibility index (Phi) is 4.77. The molecule has 4 heteroatoms. The molecule has 0 aliphatic heterocycles. The molecule has 0 amide bonds. The number of hydrogen-bond donors (Lipinski definition) is 2. The van der Waals surface area contributed by atoms with Gasteiger partial charge in [0.1, 0.15) is 6.04 Å². The van der Waals surface area contributed by atoms with Gasteiger partial charge in [-0.25, -0.2) is 0 Å². The van der Waals surface area contributed by atoms with E-state index in [1.165, 1.54) is 5.56 Å². The highest BCUT2D eigenvalue weighted by atomic mass is 35.5. The predicted molar refractivity (Wildman–Crippen MR) is 79.8 cm³/mol. The van der Waals surface area contributed by atoms with Gasteiger partial charge >= 0.3 is 5.97 Å². The predicted octanol–water partition coefficient (Wildman–Crippen LogP) is 3.56. The van der Waals surface area contributed by atoms with Gasteiger partial charge in [-0.2, -0.15) is 0 Å². The summed E-state index contributed by atoms with van der Waals surface area (Å²) in [6, 6.07) is 14.1. The van der Waals surface area contributed by atoms with Gasteiger partial charge in [-0.15, -0.1) is 0 Å². The van der Waals surface area contributed by atoms with Crippen LogP contribution in [-0.4, -0.2) is 11.1 Å². The van der Waals surface area contributed by atoms with Crippen molar-refractivity contribution in [3.05, 3.63) is 70.2 Å². The molecule has 1 atom stereocenters. The lowest BCUT2D eigenvalue weighted by Gasteiger charge is -2.15. The highest BCUT2D eigenvalue weighted by Gasteiger charge is 2.18. The summed E-state index contributed by atoms with van der Waals surface area (Å²) in [7, 11) is 0. The van der Waals surface area contributed by atoms with E-state index < -0.39 is 12.0 Å². The van der Waals surface area contributed by atoms with E-state index in [-0.39, 0.29) is 0 Å². The lowest BCUT2D eigenvalue weighted by atomic mass is 10.1. The molecule has 0 radical (unpaired) electrons. The highest BCUT2D eigenvalue weighted by Crippen LogP contribution is 2.17. The Morgan fingerprint density at radius 3 is 2.30 bits per heavy atom. The molecule has 2 rings (SSSR count). The van der Waals surface area contributed by atoms with Crippen LogP contribution in [0.2, 0.25) is 5.02 Å². The molecule has 20 heavy (non-hydrogen) atoms. The zero-order chi connectivity index (χ0) is 14.5. The summed E-state index contributed by atoms with van der Waals surface area (Å²) >= 11 is 5.82. The minimum absolute atomic E-state index is 0.500. The van der Waals surface area contributed by atoms with Crippen molar-refractivity contribution in [3.8, 4) is 0 Å². The van der Waals surface area contributed by atoms with Crippen LogP contribution < -0.4 is 5.32 Å². The molecule has 2 N–H and O–H groups in total. The molecule has 0 fully saturated rings. The van der Waals surface area contributed by atoms with Gasteiger partial charge in [-0.05, 0) is 30.2 Å². The van der Waals surface area contributed by atoms with Gasteiger partial charge in [0.05, 0.1) is 0 Å². The van der Waals surface area contributed by atoms with Crippen molar-refractivity contribution < 1.29 is 9.90 Å². The number of halogens is 1. The number of benzene rings is 2. The van der Waals surface area contributed by atoms with Gasteiger partial charge in [0, 0.05) is 11.6 Å². The zero-order valence-electron chi connectivity index (χ0n) is 11.1. The lowest BCUT2D eigenvalue weighted by molar-refractivity contribution is -0.139. The molecule has 3 nitrogen and oxygen atoms in total. The van der Waals surface area contributed by atoms with Crippen molar-refractivity contribution in [2.75, 3.05) is 0 Å². The first-order chi connectivity index (χ1) is 9.56. The van der Waals surface area contributed by atoms with E-state index in [1.807, 2.05) is 31.2 Å². The summed E-state index contributed by atoms with van der Waals surface area (Å²) < 4.78 is 0. The van der Waals surface area contributed by atoms with Crippen LogP contribution >= 0.6 is 11.6 Å². The van der Waals surface area contributed by atoms with Crippen molar-refractivity contribution in [2.24, 2.45) is 0 Å². The number of carbonyl (C=O) groups is 1. The summed E-state index contributed by atoms with van der Waals surface area (Å²) in [6.45, 7) is 2.52. The fraction of sp³-hybridized carbons (Fsp3) is 0.188. The molecule has 0 aliphatic rings. The standard InChI is InChI=1S/C16H16ClNO2/c1-11-2-4-12(5-3-11)10-18-15(16(19)20)13-6-8-14(17)9-7-13/h2-9,15,18H,10H2,1H3,(H,19,20). The lowest BCUT2D eigenvalue weighted by Crippen LogP contribution is -2.28. The number of aliphatic carboxylic acids is 1. The average molecular weight is 290 g/mol. The summed E-state index contributed by atoms with van der Waals surface area (Å²) in [5, 5.41) is 13.0. The van der Waals surface area contributed by atoms with E-state index in [0.29, 0.717) is 17.1 Å². The summed E-state index contributed by atoms with van der Waals surface area (Å²) in [4.78, 5) is 11.4. The zero-order valence-corrected chi connectivity index (χ0v) is 11.9. The normalized spacial score (nSPS) is 12.1. The topological polar surface area (TPSA) is 49.3 Å². The number of carboxylic acid groups (broad SMARTS) is 1. The maximum absolute atomic E-state index is 11.4. The van der Waals surface area contributed by atoms with Crippen molar-refractivity contribution in [3.63, 3.8) is 0 Å². The minimum Gasteiger partial charge on any atom is -0.480 e. The van der Waals surface area contributed by atoms with Gasteiger partial charge in [0.2, 0.25) is 0 Å². The number of aryl methyl sites for hydroxylation is 1. The first kappa shape index (κ1) is 14.6. The minimum atomic E-state index is -0.903. The number of rotatable bonds is 5. The van der Waals surface area contributed by atoms with Crippen LogP contribution in [0.15, 0.2) is 48.5 Å². The van der Waals surface area contributed by atoms with E-state index in [4.69, 9.17) is 11.6 Å². The second-order valence-corrected chi connectivity index (χ2v) is 5.13. The van der Waals surface area contributed by atoms with Crippen molar-refractivity contribution in [2.45, 2.75) is 19.5 Å². The fourth-order valence-electron chi connectivity index (χ4n) is 1.93. The SMILES string of the molecule is Cc1ccc(CNC(C(=O)O)c2ccc(Cl)cc2)cc1. The molecular weight excluding hydrogens is 274 g/mol. The largest absolute Gasteiger partial charge is 0.480 e. The van der Waals surface area contributed by atoms with Crippen molar-refractivity contribution >= 4 is 17.6 Å². The second kappa shape index (κ2) is 6.55. The number of hydrogen-bond acceptors (Lipinski definition) is 2. The quantitative estimate of drug-likeness (QED) is 0.885. The van der Waals surface area contributed by atoms with E-state index >= 15 is 0 Å². The fourth-order valence-corrected chi connectivity index (χ4v) is 2.05. The Morgan fingerprint density at radius 1 is 1.15 bits per heavy atom. The molecular formula is C16H16ClNO2. The molecule has 1 unspecified atom stereocenters. The summed E-state index contributed by atoms with van der Waals surface area (Å²) in [5.74, 6) is -0.903. The molecule has 0 spiro atoms. The Hall–Kier alpha value is -1.84. The smallest absolute Gasteiger partial charge is 0.325 e. The highest BCUT2D eigenvalue weighted by molar-refractivity contribution is 6.30. The maximum Gasteiger partial charge on any atom is 0.325 e. The Bertz CT molecular complexity index is 578. The number of carboxylic acids is 1. The van der Waals surface area contributed by atoms with E-state index in [9.17, 15) is 9.90 Å². The Balaban J connectivity index is 2.08. The van der Waals surface area contributed by atoms with E-state index in [2.05, 4.69) is 5.32 Å². The van der Waals surface area contributed by atoms with Crippen LogP contribution in [0.3, 0.4) is 0 Å². The molecule has 0 aromatic heterocycles. The van der Waals surface area contributed by atoms with Gasteiger partial charge in [-0.3, -0.25) is 10.1 Å². The van der Waals surface area contributed by atoms with Crippen LogP contribution in [0.1, 0.15) is 22.7 Å². The first-order valence-electron chi connectivity index (χ1n) is 6.33. The Labute approximate surface area is 123 Å². The van der Waals surface area contributed by atoms with Crippen LogP contribution in [0, 0.1) is 6.92 Å². The molecule has 2 aromatic rings. The first-order valence-corrected chi connectivity index (χ1v) is 6.71. The van der Waals surface area contributed by atoms with Gasteiger partial charge < -0.3 is 5.11 Å². The monoisotopic (exact) mass is 289 g/mol. The van der Waals surface area contributed by atoms with E-state index in [1.54, 1.807) is 24.3 Å². The molecule has 2 aromatic carbocycles. The molecule has 0 saturated heterocycles. The second-order valence-electron chi connectivity index (χ2n) is 4.69. The summed E-state index contributed by atoms with van der Waals surface area (Å²) in [5.41, 5.74) is 2.92. The molecule has 0 bridgehead atoms. The third-order valence-electron chi connectivity index (χ3n) is 3.08. The van der Waals surface area contributed by atoms with Gasteiger partial charge in [0.15, 0.2) is 0 Å². The van der Waals surface area contributed by atoms with Crippen LogP contribution in [-0.2, 0) is 11.3 Å². The van der Waals surface area contributed by atoms with E-state index in [0.717, 1.165) is 5.56 Å². The van der Waals surface area contributed by atoms with Crippen molar-refractivity contribution in [1.29, 1.82) is 0 Å². The van der Waals surface area contributed by atoms with Crippen LogP contribution in [0.5, 0.6) is 0 Å². The third kappa shape index (κ3) is 3.83. The molecule has 0 saturated carbocycles. The molecule has 0 aliphatic carbocycles. The average Bonchev–Trinajstić information content (AvgIpc) is 2.43. The number of nitrogens with one attached hydrogen (secondary N) is 1. The molecule has 0 heterocycles. The third-order valence-corrected chi connectivity index (χ3v) is 3.33. The summed E-state index contributed by atoms with van der Waals surface area (Å²) in [6.07, 6.45) is 0. The Morgan fingerprint density at radius 2 is 1.75 bits per heavy atom.